The zero-order chi connectivity index (χ0) is 16.0. The molecule has 1 amide bonds. The van der Waals surface area contributed by atoms with E-state index in [2.05, 4.69) is 10.2 Å². The molecule has 1 atom stereocenters. The Balaban J connectivity index is 1.47. The van der Waals surface area contributed by atoms with Gasteiger partial charge in [0.25, 0.3) is 11.5 Å². The molecule has 0 radical (unpaired) electrons. The molecule has 2 bridgehead atoms. The molecule has 5 rings (SSSR count). The highest BCUT2D eigenvalue weighted by Gasteiger charge is 2.34. The summed E-state index contributed by atoms with van der Waals surface area (Å²) < 4.78 is 1.73. The maximum Gasteiger partial charge on any atom is 0.263 e. The van der Waals surface area contributed by atoms with Crippen molar-refractivity contribution in [3.8, 4) is 0 Å². The van der Waals surface area contributed by atoms with Gasteiger partial charge in [-0.05, 0) is 69.7 Å². The molecule has 3 saturated heterocycles. The molecular formula is C18H25N3O2. The fourth-order valence-electron chi connectivity index (χ4n) is 4.16. The van der Waals surface area contributed by atoms with Crippen LogP contribution in [0.2, 0.25) is 0 Å². The van der Waals surface area contributed by atoms with Crippen molar-refractivity contribution in [2.75, 3.05) is 19.6 Å². The fourth-order valence-corrected chi connectivity index (χ4v) is 4.16. The van der Waals surface area contributed by atoms with Crippen molar-refractivity contribution < 1.29 is 4.79 Å². The van der Waals surface area contributed by atoms with E-state index in [1.54, 1.807) is 4.57 Å². The van der Waals surface area contributed by atoms with E-state index in [0.717, 1.165) is 37.4 Å². The number of hydrogen-bond donors (Lipinski definition) is 1. The Kier molecular flexibility index (Phi) is 3.76. The quantitative estimate of drug-likeness (QED) is 0.920. The second-order valence-corrected chi connectivity index (χ2v) is 7.40. The Labute approximate surface area is 136 Å². The maximum atomic E-state index is 12.6. The third kappa shape index (κ3) is 2.82. The molecule has 1 aliphatic carbocycles. The van der Waals surface area contributed by atoms with Crippen molar-refractivity contribution in [3.63, 3.8) is 0 Å². The third-order valence-corrected chi connectivity index (χ3v) is 5.76. The predicted octanol–water partition coefficient (Wildman–Crippen LogP) is 1.71. The molecule has 0 spiro atoms. The Morgan fingerprint density at radius 1 is 1.26 bits per heavy atom. The average Bonchev–Trinajstić information content (AvgIpc) is 3.39. The van der Waals surface area contributed by atoms with E-state index in [1.807, 2.05) is 19.2 Å². The van der Waals surface area contributed by atoms with Crippen molar-refractivity contribution in [2.45, 2.75) is 51.1 Å². The number of carbonyl (C=O) groups is 1. The first-order chi connectivity index (χ1) is 11.1. The Bertz CT molecular complexity index is 669. The Hall–Kier alpha value is -1.62. The largest absolute Gasteiger partial charge is 0.350 e. The lowest BCUT2D eigenvalue weighted by molar-refractivity contribution is 0.0481. The molecule has 23 heavy (non-hydrogen) atoms. The minimum absolute atomic E-state index is 0.129. The van der Waals surface area contributed by atoms with Crippen LogP contribution in [0.15, 0.2) is 17.1 Å². The number of carbonyl (C=O) groups excluding carboxylic acids is 1. The summed E-state index contributed by atoms with van der Waals surface area (Å²) in [7, 11) is 0. The first-order valence-electron chi connectivity index (χ1n) is 8.87. The van der Waals surface area contributed by atoms with Gasteiger partial charge in [0, 0.05) is 24.8 Å². The van der Waals surface area contributed by atoms with Gasteiger partial charge in [-0.3, -0.25) is 14.5 Å². The smallest absolute Gasteiger partial charge is 0.263 e. The number of nitrogens with one attached hydrogen (secondary N) is 1. The molecule has 1 aromatic rings. The second-order valence-electron chi connectivity index (χ2n) is 7.40. The molecule has 1 saturated carbocycles. The standard InChI is InChI=1S/C18H25N3O2/c1-12-4-9-21(14-2-3-14)18(23)16(12)17(22)19-11-15-10-13-5-7-20(15)8-6-13/h4,9,13-15H,2-3,5-8,10-11H2,1H3,(H,19,22). The van der Waals surface area contributed by atoms with Gasteiger partial charge in [-0.1, -0.05) is 0 Å². The number of aromatic nitrogens is 1. The van der Waals surface area contributed by atoms with Gasteiger partial charge in [0.1, 0.15) is 5.56 Å². The summed E-state index contributed by atoms with van der Waals surface area (Å²) in [5, 5.41) is 3.03. The first kappa shape index (κ1) is 14.9. The number of aryl methyl sites for hydroxylation is 1. The van der Waals surface area contributed by atoms with E-state index in [9.17, 15) is 9.59 Å². The summed E-state index contributed by atoms with van der Waals surface area (Å²) in [5.41, 5.74) is 0.973. The zero-order valence-electron chi connectivity index (χ0n) is 13.8. The molecule has 3 aliphatic heterocycles. The summed E-state index contributed by atoms with van der Waals surface area (Å²) in [4.78, 5) is 27.7. The lowest BCUT2D eigenvalue weighted by Crippen LogP contribution is -2.53. The fraction of sp³-hybridized carbons (Fsp3) is 0.667. The van der Waals surface area contributed by atoms with Crippen molar-refractivity contribution in [3.05, 3.63) is 33.7 Å². The van der Waals surface area contributed by atoms with Gasteiger partial charge in [-0.2, -0.15) is 0 Å². The van der Waals surface area contributed by atoms with Crippen molar-refractivity contribution in [1.82, 2.24) is 14.8 Å². The summed E-state index contributed by atoms with van der Waals surface area (Å²) in [6, 6.07) is 2.64. The second kappa shape index (κ2) is 5.78. The van der Waals surface area contributed by atoms with E-state index in [4.69, 9.17) is 0 Å². The zero-order valence-corrected chi connectivity index (χ0v) is 13.8. The molecule has 4 aliphatic rings. The van der Waals surface area contributed by atoms with Crippen LogP contribution in [0, 0.1) is 12.8 Å². The number of fused-ring (bicyclic) bond motifs is 3. The van der Waals surface area contributed by atoms with Gasteiger partial charge in [0.2, 0.25) is 0 Å². The van der Waals surface area contributed by atoms with Crippen LogP contribution in [-0.4, -0.2) is 41.1 Å². The number of piperidine rings is 3. The minimum atomic E-state index is -0.204. The van der Waals surface area contributed by atoms with Crippen molar-refractivity contribution >= 4 is 5.91 Å². The highest BCUT2D eigenvalue weighted by atomic mass is 16.2. The average molecular weight is 315 g/mol. The van der Waals surface area contributed by atoms with Crippen LogP contribution in [0.3, 0.4) is 0 Å². The molecule has 5 nitrogen and oxygen atoms in total. The van der Waals surface area contributed by atoms with Crippen LogP contribution in [0.1, 0.15) is 54.1 Å². The van der Waals surface area contributed by atoms with Crippen LogP contribution in [-0.2, 0) is 0 Å². The number of pyridine rings is 1. The van der Waals surface area contributed by atoms with Crippen molar-refractivity contribution in [1.29, 1.82) is 0 Å². The molecule has 0 aromatic carbocycles. The van der Waals surface area contributed by atoms with Gasteiger partial charge in [-0.25, -0.2) is 0 Å². The van der Waals surface area contributed by atoms with E-state index in [1.165, 1.54) is 19.3 Å². The van der Waals surface area contributed by atoms with E-state index < -0.39 is 0 Å². The highest BCUT2D eigenvalue weighted by molar-refractivity contribution is 5.95. The van der Waals surface area contributed by atoms with Crippen LogP contribution < -0.4 is 10.9 Å². The molecular weight excluding hydrogens is 290 g/mol. The Morgan fingerprint density at radius 3 is 2.61 bits per heavy atom. The topological polar surface area (TPSA) is 54.3 Å². The minimum Gasteiger partial charge on any atom is -0.350 e. The predicted molar refractivity (Wildman–Crippen MR) is 88.7 cm³/mol. The first-order valence-corrected chi connectivity index (χ1v) is 8.87. The molecule has 4 fully saturated rings. The lowest BCUT2D eigenvalue weighted by Gasteiger charge is -2.45. The number of hydrogen-bond acceptors (Lipinski definition) is 3. The molecule has 1 N–H and O–H groups in total. The molecule has 1 aromatic heterocycles. The number of nitrogens with zero attached hydrogens (tertiary/aromatic N) is 2. The monoisotopic (exact) mass is 315 g/mol. The van der Waals surface area contributed by atoms with Crippen LogP contribution >= 0.6 is 0 Å². The van der Waals surface area contributed by atoms with Crippen LogP contribution in [0.5, 0.6) is 0 Å². The lowest BCUT2D eigenvalue weighted by atomic mass is 9.83. The third-order valence-electron chi connectivity index (χ3n) is 5.76. The van der Waals surface area contributed by atoms with Crippen LogP contribution in [0.25, 0.3) is 0 Å². The highest BCUT2D eigenvalue weighted by Crippen LogP contribution is 2.33. The molecule has 5 heteroatoms. The Morgan fingerprint density at radius 2 is 2.00 bits per heavy atom. The molecule has 124 valence electrons. The summed E-state index contributed by atoms with van der Waals surface area (Å²) in [5.74, 6) is 0.623. The van der Waals surface area contributed by atoms with Crippen molar-refractivity contribution in [2.24, 2.45) is 5.92 Å². The number of amides is 1. The van der Waals surface area contributed by atoms with E-state index >= 15 is 0 Å². The van der Waals surface area contributed by atoms with Gasteiger partial charge >= 0.3 is 0 Å². The van der Waals surface area contributed by atoms with Gasteiger partial charge < -0.3 is 9.88 Å². The van der Waals surface area contributed by atoms with E-state index in [-0.39, 0.29) is 11.5 Å². The molecule has 1 unspecified atom stereocenters. The SMILES string of the molecule is Cc1ccn(C2CC2)c(=O)c1C(=O)NCC1CC2CCN1CC2. The summed E-state index contributed by atoms with van der Waals surface area (Å²) in [6.07, 6.45) is 7.70. The van der Waals surface area contributed by atoms with Gasteiger partial charge in [0.15, 0.2) is 0 Å². The van der Waals surface area contributed by atoms with Gasteiger partial charge in [0.05, 0.1) is 0 Å². The normalized spacial score (nSPS) is 29.5. The summed E-state index contributed by atoms with van der Waals surface area (Å²) in [6.45, 7) is 4.82. The maximum absolute atomic E-state index is 12.6. The van der Waals surface area contributed by atoms with Crippen LogP contribution in [0.4, 0.5) is 0 Å². The summed E-state index contributed by atoms with van der Waals surface area (Å²) >= 11 is 0. The molecule has 4 heterocycles. The number of rotatable bonds is 4. The van der Waals surface area contributed by atoms with Gasteiger partial charge in [-0.15, -0.1) is 0 Å². The van der Waals surface area contributed by atoms with E-state index in [0.29, 0.717) is 24.2 Å².